The van der Waals surface area contributed by atoms with E-state index in [1.807, 2.05) is 0 Å². The number of benzene rings is 1. The second-order valence-electron chi connectivity index (χ2n) is 3.05. The molecule has 0 aliphatic heterocycles. The van der Waals surface area contributed by atoms with Crippen LogP contribution in [-0.4, -0.2) is 12.5 Å². The lowest BCUT2D eigenvalue weighted by atomic mass is 9.99. The molecule has 0 fully saturated rings. The molecular weight excluding hydrogens is 193 g/mol. The fourth-order valence-electron chi connectivity index (χ4n) is 1.09. The molecule has 0 bridgehead atoms. The minimum atomic E-state index is -4.26. The summed E-state index contributed by atoms with van der Waals surface area (Å²) in [7, 11) is 0. The Morgan fingerprint density at radius 2 is 2.00 bits per heavy atom. The van der Waals surface area contributed by atoms with Crippen molar-refractivity contribution in [2.75, 3.05) is 0 Å². The lowest BCUT2D eigenvalue weighted by Crippen LogP contribution is -2.17. The first-order chi connectivity index (χ1) is 6.45. The van der Waals surface area contributed by atoms with Gasteiger partial charge in [0.25, 0.3) is 0 Å². The third kappa shape index (κ3) is 2.34. The van der Waals surface area contributed by atoms with E-state index in [0.29, 0.717) is 6.29 Å². The van der Waals surface area contributed by atoms with Gasteiger partial charge in [-0.25, -0.2) is 0 Å². The molecular formula is C10H9F3O. The number of aldehydes is 1. The molecule has 0 aliphatic carbocycles. The first-order valence-electron chi connectivity index (χ1n) is 4.07. The minimum Gasteiger partial charge on any atom is -0.298 e. The highest BCUT2D eigenvalue weighted by Gasteiger charge is 2.36. The van der Waals surface area contributed by atoms with Gasteiger partial charge in [0.1, 0.15) is 6.29 Å². The molecule has 0 saturated carbocycles. The zero-order chi connectivity index (χ0) is 10.8. The molecule has 0 spiro atoms. The molecule has 1 rings (SSSR count). The Morgan fingerprint density at radius 1 is 1.36 bits per heavy atom. The predicted octanol–water partition coefficient (Wildman–Crippen LogP) is 3.16. The summed E-state index contributed by atoms with van der Waals surface area (Å²) in [5.41, 5.74) is 0.376. The van der Waals surface area contributed by atoms with Crippen molar-refractivity contribution in [1.82, 2.24) is 0 Å². The Morgan fingerprint density at radius 3 is 2.50 bits per heavy atom. The molecule has 0 N–H and O–H groups in total. The van der Waals surface area contributed by atoms with Gasteiger partial charge in [-0.05, 0) is 18.6 Å². The smallest absolute Gasteiger partial charge is 0.298 e. The fraction of sp³-hybridized carbons (Fsp3) is 0.300. The quantitative estimate of drug-likeness (QED) is 0.673. The molecule has 0 aliphatic rings. The van der Waals surface area contributed by atoms with Gasteiger partial charge < -0.3 is 0 Å². The number of carbonyl (C=O) groups excluding carboxylic acids is 1. The zero-order valence-electron chi connectivity index (χ0n) is 7.51. The Balaban J connectivity index is 3.01. The summed E-state index contributed by atoms with van der Waals surface area (Å²) in [4.78, 5) is 10.3. The van der Waals surface area contributed by atoms with Crippen LogP contribution in [0, 0.1) is 0 Å². The van der Waals surface area contributed by atoms with Gasteiger partial charge >= 0.3 is 6.18 Å². The van der Waals surface area contributed by atoms with E-state index in [1.165, 1.54) is 24.3 Å². The lowest BCUT2D eigenvalue weighted by molar-refractivity contribution is -0.146. The van der Waals surface area contributed by atoms with Crippen LogP contribution in [-0.2, 0) is 0 Å². The Labute approximate surface area is 79.5 Å². The SMILES string of the molecule is C[C@@H](c1cccc(C=O)c1)C(F)(F)F. The number of carbonyl (C=O) groups is 1. The van der Waals surface area contributed by atoms with Crippen LogP contribution in [0.2, 0.25) is 0 Å². The van der Waals surface area contributed by atoms with Crippen molar-refractivity contribution >= 4 is 6.29 Å². The molecule has 1 aromatic carbocycles. The van der Waals surface area contributed by atoms with Gasteiger partial charge in [-0.1, -0.05) is 18.2 Å². The predicted molar refractivity (Wildman–Crippen MR) is 46.3 cm³/mol. The highest BCUT2D eigenvalue weighted by Crippen LogP contribution is 2.34. The first-order valence-corrected chi connectivity index (χ1v) is 4.07. The third-order valence-electron chi connectivity index (χ3n) is 2.04. The van der Waals surface area contributed by atoms with E-state index in [9.17, 15) is 18.0 Å². The van der Waals surface area contributed by atoms with Gasteiger partial charge in [0, 0.05) is 5.56 Å². The number of rotatable bonds is 2. The largest absolute Gasteiger partial charge is 0.395 e. The highest BCUT2D eigenvalue weighted by molar-refractivity contribution is 5.75. The highest BCUT2D eigenvalue weighted by atomic mass is 19.4. The van der Waals surface area contributed by atoms with Crippen LogP contribution >= 0.6 is 0 Å². The minimum absolute atomic E-state index is 0.113. The second-order valence-corrected chi connectivity index (χ2v) is 3.05. The van der Waals surface area contributed by atoms with Crippen molar-refractivity contribution in [2.24, 2.45) is 0 Å². The van der Waals surface area contributed by atoms with Crippen molar-refractivity contribution in [1.29, 1.82) is 0 Å². The summed E-state index contributed by atoms with van der Waals surface area (Å²) < 4.78 is 36.8. The Kier molecular flexibility index (Phi) is 2.93. The number of hydrogen-bond acceptors (Lipinski definition) is 1. The standard InChI is InChI=1S/C10H9F3O/c1-7(10(11,12)13)9-4-2-3-8(5-9)6-14/h2-7H,1H3/t7-/m0/s1. The van der Waals surface area contributed by atoms with E-state index in [1.54, 1.807) is 0 Å². The Hall–Kier alpha value is -1.32. The number of hydrogen-bond donors (Lipinski definition) is 0. The van der Waals surface area contributed by atoms with Crippen LogP contribution in [0.25, 0.3) is 0 Å². The van der Waals surface area contributed by atoms with Crippen LogP contribution in [0.1, 0.15) is 28.8 Å². The maximum absolute atomic E-state index is 12.3. The molecule has 14 heavy (non-hydrogen) atoms. The van der Waals surface area contributed by atoms with Crippen LogP contribution in [0.4, 0.5) is 13.2 Å². The van der Waals surface area contributed by atoms with Crippen molar-refractivity contribution < 1.29 is 18.0 Å². The molecule has 0 unspecified atom stereocenters. The average molecular weight is 202 g/mol. The molecule has 0 radical (unpaired) electrons. The topological polar surface area (TPSA) is 17.1 Å². The monoisotopic (exact) mass is 202 g/mol. The van der Waals surface area contributed by atoms with Crippen LogP contribution in [0.5, 0.6) is 0 Å². The molecule has 1 aromatic rings. The molecule has 0 aromatic heterocycles. The summed E-state index contributed by atoms with van der Waals surface area (Å²) in [6.45, 7) is 1.07. The zero-order valence-corrected chi connectivity index (χ0v) is 7.51. The van der Waals surface area contributed by atoms with E-state index < -0.39 is 12.1 Å². The van der Waals surface area contributed by atoms with Crippen molar-refractivity contribution in [3.05, 3.63) is 35.4 Å². The first kappa shape index (κ1) is 10.8. The summed E-state index contributed by atoms with van der Waals surface area (Å²) in [6, 6.07) is 5.54. The molecule has 76 valence electrons. The Bertz CT molecular complexity index is 330. The van der Waals surface area contributed by atoms with Gasteiger partial charge in [0.2, 0.25) is 0 Å². The second kappa shape index (κ2) is 3.82. The third-order valence-corrected chi connectivity index (χ3v) is 2.04. The van der Waals surface area contributed by atoms with Crippen molar-refractivity contribution in [2.45, 2.75) is 19.0 Å². The van der Waals surface area contributed by atoms with Gasteiger partial charge in [-0.2, -0.15) is 13.2 Å². The molecule has 1 atom stereocenters. The molecule has 0 heterocycles. The van der Waals surface area contributed by atoms with E-state index in [0.717, 1.165) is 6.92 Å². The molecule has 0 amide bonds. The van der Waals surface area contributed by atoms with Gasteiger partial charge in [0.15, 0.2) is 0 Å². The normalized spacial score (nSPS) is 13.7. The van der Waals surface area contributed by atoms with Gasteiger partial charge in [-0.3, -0.25) is 4.79 Å². The fourth-order valence-corrected chi connectivity index (χ4v) is 1.09. The number of halogens is 3. The molecule has 1 nitrogen and oxygen atoms in total. The average Bonchev–Trinajstić information content (AvgIpc) is 2.15. The lowest BCUT2D eigenvalue weighted by Gasteiger charge is -2.15. The summed E-state index contributed by atoms with van der Waals surface area (Å²) >= 11 is 0. The van der Waals surface area contributed by atoms with Crippen LogP contribution in [0.15, 0.2) is 24.3 Å². The summed E-state index contributed by atoms with van der Waals surface area (Å²) in [6.07, 6.45) is -3.73. The van der Waals surface area contributed by atoms with Crippen molar-refractivity contribution in [3.63, 3.8) is 0 Å². The number of alkyl halides is 3. The molecule has 4 heteroatoms. The molecule has 0 saturated heterocycles. The maximum atomic E-state index is 12.3. The summed E-state index contributed by atoms with van der Waals surface area (Å²) in [5.74, 6) is -1.54. The van der Waals surface area contributed by atoms with E-state index >= 15 is 0 Å². The van der Waals surface area contributed by atoms with E-state index in [4.69, 9.17) is 0 Å². The van der Waals surface area contributed by atoms with Crippen LogP contribution < -0.4 is 0 Å². The van der Waals surface area contributed by atoms with Crippen molar-refractivity contribution in [3.8, 4) is 0 Å². The summed E-state index contributed by atoms with van der Waals surface area (Å²) in [5, 5.41) is 0. The van der Waals surface area contributed by atoms with Crippen LogP contribution in [0.3, 0.4) is 0 Å². The van der Waals surface area contributed by atoms with Gasteiger partial charge in [-0.15, -0.1) is 0 Å². The van der Waals surface area contributed by atoms with Gasteiger partial charge in [0.05, 0.1) is 5.92 Å². The van der Waals surface area contributed by atoms with E-state index in [2.05, 4.69) is 0 Å². The maximum Gasteiger partial charge on any atom is 0.395 e. The van der Waals surface area contributed by atoms with E-state index in [-0.39, 0.29) is 11.1 Å².